The molecule has 0 aliphatic heterocycles. The molecular weight excluding hydrogens is 206 g/mol. The van der Waals surface area contributed by atoms with E-state index in [2.05, 4.69) is 5.32 Å². The van der Waals surface area contributed by atoms with Gasteiger partial charge in [-0.15, -0.1) is 0 Å². The number of hydrogen-bond acceptors (Lipinski definition) is 3. The third-order valence-electron chi connectivity index (χ3n) is 2.23. The van der Waals surface area contributed by atoms with Crippen LogP contribution in [0.2, 0.25) is 0 Å². The zero-order valence-corrected chi connectivity index (χ0v) is 9.40. The van der Waals surface area contributed by atoms with E-state index in [9.17, 15) is 4.79 Å². The van der Waals surface area contributed by atoms with Crippen LogP contribution in [-0.4, -0.2) is 24.7 Å². The van der Waals surface area contributed by atoms with Crippen LogP contribution < -0.4 is 10.1 Å². The number of hydrogen-bond donors (Lipinski definition) is 2. The molecule has 16 heavy (non-hydrogen) atoms. The van der Waals surface area contributed by atoms with Crippen LogP contribution in [0.25, 0.3) is 0 Å². The Balaban J connectivity index is 2.34. The van der Waals surface area contributed by atoms with Crippen molar-refractivity contribution in [2.45, 2.75) is 19.4 Å². The average Bonchev–Trinajstić information content (AvgIpc) is 2.34. The van der Waals surface area contributed by atoms with Gasteiger partial charge < -0.3 is 15.2 Å². The lowest BCUT2D eigenvalue weighted by Crippen LogP contribution is -2.18. The van der Waals surface area contributed by atoms with Crippen molar-refractivity contribution in [1.82, 2.24) is 5.32 Å². The van der Waals surface area contributed by atoms with Crippen LogP contribution in [0.3, 0.4) is 0 Å². The van der Waals surface area contributed by atoms with Gasteiger partial charge in [-0.3, -0.25) is 4.79 Å². The van der Waals surface area contributed by atoms with Gasteiger partial charge in [0.25, 0.3) is 0 Å². The summed E-state index contributed by atoms with van der Waals surface area (Å²) in [6.07, 6.45) is 1.12. The van der Waals surface area contributed by atoms with Gasteiger partial charge in [0.1, 0.15) is 5.75 Å². The van der Waals surface area contributed by atoms with Crippen LogP contribution in [0.5, 0.6) is 5.75 Å². The molecule has 1 aromatic carbocycles. The molecule has 0 heterocycles. The minimum Gasteiger partial charge on any atom is -0.493 e. The van der Waals surface area contributed by atoms with E-state index in [0.29, 0.717) is 25.2 Å². The van der Waals surface area contributed by atoms with E-state index in [-0.39, 0.29) is 12.5 Å². The minimum absolute atomic E-state index is 0.0130. The molecule has 0 unspecified atom stereocenters. The SMILES string of the molecule is CNC(=O)CCCOc1ccccc1CO. The summed E-state index contributed by atoms with van der Waals surface area (Å²) >= 11 is 0. The molecule has 0 atom stereocenters. The number of carbonyl (C=O) groups is 1. The number of ether oxygens (including phenoxy) is 1. The fourth-order valence-electron chi connectivity index (χ4n) is 1.32. The van der Waals surface area contributed by atoms with Crippen LogP contribution in [0.15, 0.2) is 24.3 Å². The lowest BCUT2D eigenvalue weighted by atomic mass is 10.2. The molecule has 0 bridgehead atoms. The Morgan fingerprint density at radius 1 is 1.44 bits per heavy atom. The van der Waals surface area contributed by atoms with Gasteiger partial charge >= 0.3 is 0 Å². The molecule has 0 saturated carbocycles. The molecule has 2 N–H and O–H groups in total. The number of aliphatic hydroxyl groups is 1. The van der Waals surface area contributed by atoms with Gasteiger partial charge in [-0.05, 0) is 12.5 Å². The molecule has 1 rings (SSSR count). The third-order valence-corrected chi connectivity index (χ3v) is 2.23. The monoisotopic (exact) mass is 223 g/mol. The number of aliphatic hydroxyl groups excluding tert-OH is 1. The van der Waals surface area contributed by atoms with Gasteiger partial charge in [0, 0.05) is 19.0 Å². The molecule has 1 aromatic rings. The molecule has 0 aliphatic carbocycles. The summed E-state index contributed by atoms with van der Waals surface area (Å²) in [5.74, 6) is 0.695. The fourth-order valence-corrected chi connectivity index (χ4v) is 1.32. The summed E-state index contributed by atoms with van der Waals surface area (Å²) in [6.45, 7) is 0.441. The molecule has 0 spiro atoms. The molecule has 0 aromatic heterocycles. The van der Waals surface area contributed by atoms with E-state index in [1.807, 2.05) is 24.3 Å². The quantitative estimate of drug-likeness (QED) is 0.710. The maximum atomic E-state index is 10.9. The smallest absolute Gasteiger partial charge is 0.219 e. The third kappa shape index (κ3) is 3.90. The number of carbonyl (C=O) groups excluding carboxylic acids is 1. The van der Waals surface area contributed by atoms with Crippen molar-refractivity contribution in [2.24, 2.45) is 0 Å². The Labute approximate surface area is 95.2 Å². The topological polar surface area (TPSA) is 58.6 Å². The molecule has 0 radical (unpaired) electrons. The highest BCUT2D eigenvalue weighted by atomic mass is 16.5. The normalized spacial score (nSPS) is 9.88. The molecule has 4 heteroatoms. The van der Waals surface area contributed by atoms with E-state index < -0.39 is 0 Å². The predicted molar refractivity (Wildman–Crippen MR) is 61.2 cm³/mol. The van der Waals surface area contributed by atoms with Gasteiger partial charge in [-0.25, -0.2) is 0 Å². The molecule has 4 nitrogen and oxygen atoms in total. The Hall–Kier alpha value is -1.55. The van der Waals surface area contributed by atoms with E-state index in [0.717, 1.165) is 5.56 Å². The zero-order valence-electron chi connectivity index (χ0n) is 9.40. The van der Waals surface area contributed by atoms with Crippen molar-refractivity contribution in [3.05, 3.63) is 29.8 Å². The lowest BCUT2D eigenvalue weighted by molar-refractivity contribution is -0.120. The van der Waals surface area contributed by atoms with Gasteiger partial charge in [0.2, 0.25) is 5.91 Å². The number of para-hydroxylation sites is 1. The number of nitrogens with one attached hydrogen (secondary N) is 1. The molecule has 0 aliphatic rings. The first-order chi connectivity index (χ1) is 7.77. The second-order valence-electron chi connectivity index (χ2n) is 3.39. The summed E-state index contributed by atoms with van der Waals surface area (Å²) in [7, 11) is 1.62. The van der Waals surface area contributed by atoms with E-state index in [1.54, 1.807) is 7.05 Å². The first-order valence-electron chi connectivity index (χ1n) is 5.30. The standard InChI is InChI=1S/C12H17NO3/c1-13-12(15)7-4-8-16-11-6-3-2-5-10(11)9-14/h2-3,5-6,14H,4,7-9H2,1H3,(H,13,15). The molecule has 88 valence electrons. The van der Waals surface area contributed by atoms with Crippen molar-refractivity contribution in [2.75, 3.05) is 13.7 Å². The number of rotatable bonds is 6. The van der Waals surface area contributed by atoms with Gasteiger partial charge in [-0.1, -0.05) is 18.2 Å². The Morgan fingerprint density at radius 3 is 2.88 bits per heavy atom. The molecule has 0 saturated heterocycles. The minimum atomic E-state index is -0.0361. The highest BCUT2D eigenvalue weighted by molar-refractivity contribution is 5.75. The predicted octanol–water partition coefficient (Wildman–Crippen LogP) is 1.08. The van der Waals surface area contributed by atoms with E-state index >= 15 is 0 Å². The molecular formula is C12H17NO3. The summed E-state index contributed by atoms with van der Waals surface area (Å²) < 4.78 is 5.48. The van der Waals surface area contributed by atoms with Crippen molar-refractivity contribution < 1.29 is 14.6 Å². The maximum absolute atomic E-state index is 10.9. The highest BCUT2D eigenvalue weighted by Crippen LogP contribution is 2.17. The zero-order chi connectivity index (χ0) is 11.8. The Kier molecular flexibility index (Phi) is 5.36. The van der Waals surface area contributed by atoms with Crippen LogP contribution in [0, 0.1) is 0 Å². The number of benzene rings is 1. The van der Waals surface area contributed by atoms with Gasteiger partial charge in [0.05, 0.1) is 13.2 Å². The summed E-state index contributed by atoms with van der Waals surface area (Å²) in [4.78, 5) is 10.9. The average molecular weight is 223 g/mol. The van der Waals surface area contributed by atoms with Crippen LogP contribution >= 0.6 is 0 Å². The van der Waals surface area contributed by atoms with Crippen molar-refractivity contribution >= 4 is 5.91 Å². The summed E-state index contributed by atoms with van der Waals surface area (Å²) in [5, 5.41) is 11.6. The fraction of sp³-hybridized carbons (Fsp3) is 0.417. The van der Waals surface area contributed by atoms with Gasteiger partial charge in [0.15, 0.2) is 0 Å². The van der Waals surface area contributed by atoms with E-state index in [1.165, 1.54) is 0 Å². The second kappa shape index (κ2) is 6.85. The van der Waals surface area contributed by atoms with Crippen molar-refractivity contribution in [3.63, 3.8) is 0 Å². The first-order valence-corrected chi connectivity index (χ1v) is 5.30. The largest absolute Gasteiger partial charge is 0.493 e. The molecule has 1 amide bonds. The van der Waals surface area contributed by atoms with Crippen molar-refractivity contribution in [3.8, 4) is 5.75 Å². The highest BCUT2D eigenvalue weighted by Gasteiger charge is 2.02. The summed E-state index contributed by atoms with van der Waals surface area (Å²) in [5.41, 5.74) is 0.766. The lowest BCUT2D eigenvalue weighted by Gasteiger charge is -2.09. The Bertz CT molecular complexity index is 339. The van der Waals surface area contributed by atoms with E-state index in [4.69, 9.17) is 9.84 Å². The van der Waals surface area contributed by atoms with Crippen LogP contribution in [-0.2, 0) is 11.4 Å². The second-order valence-corrected chi connectivity index (χ2v) is 3.39. The first kappa shape index (κ1) is 12.5. The summed E-state index contributed by atoms with van der Waals surface area (Å²) in [6, 6.07) is 7.33. The van der Waals surface area contributed by atoms with Gasteiger partial charge in [-0.2, -0.15) is 0 Å². The maximum Gasteiger partial charge on any atom is 0.219 e. The Morgan fingerprint density at radius 2 is 2.19 bits per heavy atom. The van der Waals surface area contributed by atoms with Crippen LogP contribution in [0.1, 0.15) is 18.4 Å². The molecule has 0 fully saturated rings. The van der Waals surface area contributed by atoms with Crippen molar-refractivity contribution in [1.29, 1.82) is 0 Å². The van der Waals surface area contributed by atoms with Crippen LogP contribution in [0.4, 0.5) is 0 Å². The number of amides is 1.